The van der Waals surface area contributed by atoms with Crippen molar-refractivity contribution in [2.75, 3.05) is 33.3 Å². The van der Waals surface area contributed by atoms with Crippen molar-refractivity contribution in [3.63, 3.8) is 0 Å². The highest BCUT2D eigenvalue weighted by atomic mass is 16.5. The van der Waals surface area contributed by atoms with Crippen LogP contribution in [0, 0.1) is 0 Å². The first-order valence-electron chi connectivity index (χ1n) is 8.79. The topological polar surface area (TPSA) is 116 Å². The van der Waals surface area contributed by atoms with Gasteiger partial charge in [0.15, 0.2) is 0 Å². The molecule has 0 spiro atoms. The first kappa shape index (κ1) is 18.7. The van der Waals surface area contributed by atoms with Crippen LogP contribution >= 0.6 is 0 Å². The minimum absolute atomic E-state index is 0.0195. The highest BCUT2D eigenvalue weighted by Crippen LogP contribution is 2.13. The molecule has 0 radical (unpaired) electrons. The quantitative estimate of drug-likeness (QED) is 0.716. The lowest BCUT2D eigenvalue weighted by Gasteiger charge is -2.35. The first-order chi connectivity index (χ1) is 13.0. The number of hydrogen-bond donors (Lipinski definition) is 2. The third kappa shape index (κ3) is 4.55. The van der Waals surface area contributed by atoms with Gasteiger partial charge in [0.2, 0.25) is 11.8 Å². The number of carbonyl (C=O) groups excluding carboxylic acids is 3. The van der Waals surface area contributed by atoms with Crippen LogP contribution in [0.5, 0.6) is 0 Å². The van der Waals surface area contributed by atoms with Gasteiger partial charge < -0.3 is 24.5 Å². The highest BCUT2D eigenvalue weighted by molar-refractivity contribution is 5.83. The third-order valence-corrected chi connectivity index (χ3v) is 4.69. The fraction of sp³-hybridized carbons (Fsp3) is 0.444. The third-order valence-electron chi connectivity index (χ3n) is 4.69. The van der Waals surface area contributed by atoms with E-state index in [1.54, 1.807) is 21.9 Å². The summed E-state index contributed by atoms with van der Waals surface area (Å²) in [5, 5.41) is 0. The van der Waals surface area contributed by atoms with Crippen molar-refractivity contribution in [1.82, 2.24) is 19.8 Å². The minimum atomic E-state index is -0.405. The maximum atomic E-state index is 12.5. The molecule has 0 aliphatic carbocycles. The van der Waals surface area contributed by atoms with Gasteiger partial charge in [-0.1, -0.05) is 6.07 Å². The van der Waals surface area contributed by atoms with E-state index in [-0.39, 0.29) is 36.8 Å². The number of methoxy groups -OCH3 is 1. The first-order valence-corrected chi connectivity index (χ1v) is 8.79. The number of amides is 2. The monoisotopic (exact) mass is 374 g/mol. The Hall–Kier alpha value is -3.10. The molecular weight excluding hydrogens is 352 g/mol. The Balaban J connectivity index is 1.51. The number of rotatable bonds is 5. The molecule has 2 N–H and O–H groups in total. The molecule has 3 rings (SSSR count). The largest absolute Gasteiger partial charge is 0.469 e. The Kier molecular flexibility index (Phi) is 5.58. The van der Waals surface area contributed by atoms with Gasteiger partial charge in [0.25, 0.3) is 0 Å². The molecule has 1 aromatic carbocycles. The van der Waals surface area contributed by atoms with Crippen LogP contribution in [0.1, 0.15) is 18.4 Å². The molecule has 2 heterocycles. The van der Waals surface area contributed by atoms with E-state index in [4.69, 9.17) is 0 Å². The summed E-state index contributed by atoms with van der Waals surface area (Å²) < 4.78 is 4.54. The molecule has 0 saturated carbocycles. The van der Waals surface area contributed by atoms with Crippen molar-refractivity contribution >= 4 is 28.8 Å². The van der Waals surface area contributed by atoms with E-state index in [1.165, 1.54) is 7.11 Å². The number of nitrogens with one attached hydrogen (secondary N) is 2. The van der Waals surface area contributed by atoms with Gasteiger partial charge in [-0.25, -0.2) is 4.79 Å². The summed E-state index contributed by atoms with van der Waals surface area (Å²) in [6.07, 6.45) is 0.424. The lowest BCUT2D eigenvalue weighted by molar-refractivity contribution is -0.144. The van der Waals surface area contributed by atoms with Crippen LogP contribution in [-0.2, 0) is 25.5 Å². The van der Waals surface area contributed by atoms with E-state index in [9.17, 15) is 19.2 Å². The Labute approximate surface area is 155 Å². The molecular formula is C18H22N4O5. The van der Waals surface area contributed by atoms with Gasteiger partial charge in [-0.3, -0.25) is 14.4 Å². The average molecular weight is 374 g/mol. The summed E-state index contributed by atoms with van der Waals surface area (Å²) in [4.78, 5) is 55.8. The number of H-pyrrole nitrogens is 2. The molecule has 9 heteroatoms. The van der Waals surface area contributed by atoms with Crippen molar-refractivity contribution < 1.29 is 19.1 Å². The van der Waals surface area contributed by atoms with E-state index >= 15 is 0 Å². The number of nitrogens with zero attached hydrogens (tertiary/aromatic N) is 2. The second kappa shape index (κ2) is 8.07. The van der Waals surface area contributed by atoms with Crippen molar-refractivity contribution in [2.45, 2.75) is 19.3 Å². The second-order valence-electron chi connectivity index (χ2n) is 6.47. The van der Waals surface area contributed by atoms with Crippen LogP contribution in [0.25, 0.3) is 11.0 Å². The molecule has 144 valence electrons. The Morgan fingerprint density at radius 1 is 0.963 bits per heavy atom. The van der Waals surface area contributed by atoms with Gasteiger partial charge in [0.05, 0.1) is 31.0 Å². The Bertz CT molecular complexity index is 908. The zero-order chi connectivity index (χ0) is 19.4. The van der Waals surface area contributed by atoms with Crippen molar-refractivity contribution in [3.8, 4) is 0 Å². The van der Waals surface area contributed by atoms with Crippen molar-refractivity contribution in [1.29, 1.82) is 0 Å². The van der Waals surface area contributed by atoms with Crippen LogP contribution in [0.15, 0.2) is 23.0 Å². The van der Waals surface area contributed by atoms with Crippen molar-refractivity contribution in [3.05, 3.63) is 34.2 Å². The summed E-state index contributed by atoms with van der Waals surface area (Å²) >= 11 is 0. The SMILES string of the molecule is COC(=O)CCC(=O)N1CCN(C(=O)Cc2ccc3[nH]c(=O)[nH]c3c2)CC1. The number of hydrogen-bond acceptors (Lipinski definition) is 5. The number of ether oxygens (including phenoxy) is 1. The molecule has 1 fully saturated rings. The number of fused-ring (bicyclic) bond motifs is 1. The molecule has 2 aromatic rings. The van der Waals surface area contributed by atoms with Crippen LogP contribution in [0.3, 0.4) is 0 Å². The molecule has 0 atom stereocenters. The van der Waals surface area contributed by atoms with E-state index in [0.29, 0.717) is 37.2 Å². The van der Waals surface area contributed by atoms with Gasteiger partial charge in [-0.2, -0.15) is 0 Å². The van der Waals surface area contributed by atoms with Gasteiger partial charge in [0.1, 0.15) is 0 Å². The highest BCUT2D eigenvalue weighted by Gasteiger charge is 2.24. The average Bonchev–Trinajstić information content (AvgIpc) is 3.05. The van der Waals surface area contributed by atoms with E-state index in [0.717, 1.165) is 5.56 Å². The van der Waals surface area contributed by atoms with Gasteiger partial charge in [0, 0.05) is 32.6 Å². The maximum absolute atomic E-state index is 12.5. The summed E-state index contributed by atoms with van der Waals surface area (Å²) in [6, 6.07) is 5.38. The minimum Gasteiger partial charge on any atom is -0.469 e. The molecule has 0 unspecified atom stereocenters. The Morgan fingerprint density at radius 3 is 2.26 bits per heavy atom. The summed E-state index contributed by atoms with van der Waals surface area (Å²) in [7, 11) is 1.29. The number of aromatic amines is 2. The molecule has 2 amide bonds. The number of benzene rings is 1. The van der Waals surface area contributed by atoms with E-state index in [1.807, 2.05) is 6.07 Å². The van der Waals surface area contributed by atoms with Crippen LogP contribution in [0.2, 0.25) is 0 Å². The molecule has 1 saturated heterocycles. The normalized spacial score (nSPS) is 14.4. The summed E-state index contributed by atoms with van der Waals surface area (Å²) in [5.74, 6) is -0.527. The number of esters is 1. The van der Waals surface area contributed by atoms with Gasteiger partial charge in [-0.15, -0.1) is 0 Å². The molecule has 1 aromatic heterocycles. The number of carbonyl (C=O) groups is 3. The second-order valence-corrected chi connectivity index (χ2v) is 6.47. The number of imidazole rings is 1. The van der Waals surface area contributed by atoms with E-state index < -0.39 is 5.97 Å². The van der Waals surface area contributed by atoms with Crippen LogP contribution < -0.4 is 5.69 Å². The van der Waals surface area contributed by atoms with E-state index in [2.05, 4.69) is 14.7 Å². The molecule has 9 nitrogen and oxygen atoms in total. The zero-order valence-corrected chi connectivity index (χ0v) is 15.1. The zero-order valence-electron chi connectivity index (χ0n) is 15.1. The molecule has 1 aliphatic rings. The number of piperazine rings is 1. The number of aromatic nitrogens is 2. The van der Waals surface area contributed by atoms with Crippen molar-refractivity contribution in [2.24, 2.45) is 0 Å². The lowest BCUT2D eigenvalue weighted by Crippen LogP contribution is -2.51. The standard InChI is InChI=1S/C18H22N4O5/c1-27-17(25)5-4-15(23)21-6-8-22(9-7-21)16(24)11-12-2-3-13-14(10-12)20-18(26)19-13/h2-3,10H,4-9,11H2,1H3,(H2,19,20,26). The van der Waals surface area contributed by atoms with Gasteiger partial charge in [-0.05, 0) is 17.7 Å². The predicted octanol–water partition coefficient (Wildman–Crippen LogP) is 0.0227. The Morgan fingerprint density at radius 2 is 1.59 bits per heavy atom. The van der Waals surface area contributed by atoms with Gasteiger partial charge >= 0.3 is 11.7 Å². The maximum Gasteiger partial charge on any atom is 0.323 e. The lowest BCUT2D eigenvalue weighted by atomic mass is 10.1. The molecule has 0 bridgehead atoms. The van der Waals surface area contributed by atoms with Crippen LogP contribution in [-0.4, -0.2) is 70.8 Å². The van der Waals surface area contributed by atoms with Crippen LogP contribution in [0.4, 0.5) is 0 Å². The summed E-state index contributed by atoms with van der Waals surface area (Å²) in [5.41, 5.74) is 1.92. The molecule has 1 aliphatic heterocycles. The smallest absolute Gasteiger partial charge is 0.323 e. The fourth-order valence-corrected chi connectivity index (χ4v) is 3.15. The molecule has 27 heavy (non-hydrogen) atoms. The predicted molar refractivity (Wildman–Crippen MR) is 97.0 cm³/mol. The fourth-order valence-electron chi connectivity index (χ4n) is 3.15. The summed E-state index contributed by atoms with van der Waals surface area (Å²) in [6.45, 7) is 1.84.